The Bertz CT molecular complexity index is 468. The third kappa shape index (κ3) is 2.41. The summed E-state index contributed by atoms with van der Waals surface area (Å²) in [7, 11) is 0. The van der Waals surface area contributed by atoms with Crippen LogP contribution in [0.25, 0.3) is 0 Å². The van der Waals surface area contributed by atoms with Crippen LogP contribution < -0.4 is 10.5 Å². The van der Waals surface area contributed by atoms with Gasteiger partial charge in [0, 0.05) is 11.6 Å². The molecule has 2 rings (SSSR count). The number of hydrogen-bond donors (Lipinski definition) is 1. The van der Waals surface area contributed by atoms with Crippen molar-refractivity contribution in [1.82, 2.24) is 0 Å². The number of furan rings is 1. The average Bonchev–Trinajstić information content (AvgIpc) is 2.74. The molecular formula is C12H12FNO2. The minimum atomic E-state index is -0.316. The van der Waals surface area contributed by atoms with Crippen molar-refractivity contribution >= 4 is 0 Å². The van der Waals surface area contributed by atoms with Crippen molar-refractivity contribution in [2.75, 3.05) is 0 Å². The van der Waals surface area contributed by atoms with E-state index in [1.54, 1.807) is 24.5 Å². The second-order valence-corrected chi connectivity index (χ2v) is 3.32. The van der Waals surface area contributed by atoms with Crippen LogP contribution in [0.15, 0.2) is 41.0 Å². The highest BCUT2D eigenvalue weighted by Crippen LogP contribution is 2.16. The fourth-order valence-electron chi connectivity index (χ4n) is 1.39. The Morgan fingerprint density at radius 2 is 2.19 bits per heavy atom. The molecule has 2 aromatic rings. The number of hydrogen-bond acceptors (Lipinski definition) is 3. The second kappa shape index (κ2) is 4.81. The number of halogens is 1. The lowest BCUT2D eigenvalue weighted by Crippen LogP contribution is -2.01. The molecule has 0 radical (unpaired) electrons. The van der Waals surface area contributed by atoms with Gasteiger partial charge in [0.25, 0.3) is 0 Å². The molecule has 2 N–H and O–H groups in total. The van der Waals surface area contributed by atoms with Gasteiger partial charge >= 0.3 is 0 Å². The molecule has 3 nitrogen and oxygen atoms in total. The lowest BCUT2D eigenvalue weighted by atomic mass is 10.2. The summed E-state index contributed by atoms with van der Waals surface area (Å²) >= 11 is 0. The summed E-state index contributed by atoms with van der Waals surface area (Å²) in [5.41, 5.74) is 6.36. The average molecular weight is 221 g/mol. The van der Waals surface area contributed by atoms with Crippen molar-refractivity contribution in [1.29, 1.82) is 0 Å². The van der Waals surface area contributed by atoms with Crippen molar-refractivity contribution in [2.45, 2.75) is 13.2 Å². The van der Waals surface area contributed by atoms with Crippen molar-refractivity contribution in [3.8, 4) is 5.75 Å². The van der Waals surface area contributed by atoms with E-state index in [-0.39, 0.29) is 5.82 Å². The van der Waals surface area contributed by atoms with Gasteiger partial charge in [-0.1, -0.05) is 6.07 Å². The smallest absolute Gasteiger partial charge is 0.126 e. The van der Waals surface area contributed by atoms with Crippen molar-refractivity contribution < 1.29 is 13.5 Å². The van der Waals surface area contributed by atoms with Gasteiger partial charge in [-0.3, -0.25) is 0 Å². The molecule has 1 aromatic carbocycles. The first-order valence-corrected chi connectivity index (χ1v) is 4.93. The third-order valence-electron chi connectivity index (χ3n) is 2.21. The van der Waals surface area contributed by atoms with Crippen molar-refractivity contribution in [3.63, 3.8) is 0 Å². The highest BCUT2D eigenvalue weighted by atomic mass is 19.1. The minimum absolute atomic E-state index is 0.316. The molecule has 0 saturated heterocycles. The van der Waals surface area contributed by atoms with Crippen LogP contribution in [0.5, 0.6) is 5.75 Å². The zero-order valence-electron chi connectivity index (χ0n) is 8.65. The molecule has 0 aliphatic heterocycles. The molecule has 0 unspecified atom stereocenters. The van der Waals surface area contributed by atoms with Gasteiger partial charge in [0.2, 0.25) is 0 Å². The SMILES string of the molecule is NCc1occc1COc1cccc(F)c1. The van der Waals surface area contributed by atoms with E-state index < -0.39 is 0 Å². The number of nitrogens with two attached hydrogens (primary N) is 1. The molecule has 0 fully saturated rings. The first kappa shape index (κ1) is 10.7. The predicted molar refractivity (Wildman–Crippen MR) is 57.3 cm³/mol. The van der Waals surface area contributed by atoms with Crippen LogP contribution in [-0.2, 0) is 13.2 Å². The molecule has 0 atom stereocenters. The molecule has 0 bridgehead atoms. The zero-order chi connectivity index (χ0) is 11.4. The standard InChI is InChI=1S/C12H12FNO2/c13-10-2-1-3-11(6-10)16-8-9-4-5-15-12(9)7-14/h1-6H,7-8,14H2. The summed E-state index contributed by atoms with van der Waals surface area (Å²) in [6, 6.07) is 7.80. The monoisotopic (exact) mass is 221 g/mol. The Morgan fingerprint density at radius 3 is 2.94 bits per heavy atom. The van der Waals surface area contributed by atoms with Crippen LogP contribution >= 0.6 is 0 Å². The van der Waals surface area contributed by atoms with E-state index >= 15 is 0 Å². The maximum absolute atomic E-state index is 12.9. The molecule has 1 aromatic heterocycles. The summed E-state index contributed by atoms with van der Waals surface area (Å²) < 4.78 is 23.4. The van der Waals surface area contributed by atoms with E-state index in [4.69, 9.17) is 14.9 Å². The number of rotatable bonds is 4. The topological polar surface area (TPSA) is 48.4 Å². The Labute approximate surface area is 92.6 Å². The second-order valence-electron chi connectivity index (χ2n) is 3.32. The van der Waals surface area contributed by atoms with Crippen LogP contribution in [0.2, 0.25) is 0 Å². The molecule has 0 spiro atoms. The van der Waals surface area contributed by atoms with Crippen LogP contribution in [-0.4, -0.2) is 0 Å². The zero-order valence-corrected chi connectivity index (χ0v) is 8.65. The molecule has 16 heavy (non-hydrogen) atoms. The van der Waals surface area contributed by atoms with E-state index in [9.17, 15) is 4.39 Å². The minimum Gasteiger partial charge on any atom is -0.489 e. The lowest BCUT2D eigenvalue weighted by Gasteiger charge is -2.05. The van der Waals surface area contributed by atoms with Crippen molar-refractivity contribution in [2.24, 2.45) is 5.73 Å². The van der Waals surface area contributed by atoms with E-state index in [0.29, 0.717) is 24.7 Å². The highest BCUT2D eigenvalue weighted by Gasteiger charge is 2.05. The van der Waals surface area contributed by atoms with Crippen LogP contribution in [0.4, 0.5) is 4.39 Å². The Hall–Kier alpha value is -1.81. The fourth-order valence-corrected chi connectivity index (χ4v) is 1.39. The Balaban J connectivity index is 2.02. The van der Waals surface area contributed by atoms with Gasteiger partial charge in [-0.2, -0.15) is 0 Å². The molecule has 84 valence electrons. The van der Waals surface area contributed by atoms with Gasteiger partial charge in [-0.25, -0.2) is 4.39 Å². The van der Waals surface area contributed by atoms with E-state index in [2.05, 4.69) is 0 Å². The molecule has 0 amide bonds. The van der Waals surface area contributed by atoms with Crippen LogP contribution in [0.3, 0.4) is 0 Å². The lowest BCUT2D eigenvalue weighted by molar-refractivity contribution is 0.300. The van der Waals surface area contributed by atoms with Gasteiger partial charge in [0.1, 0.15) is 23.9 Å². The highest BCUT2D eigenvalue weighted by molar-refractivity contribution is 5.23. The maximum Gasteiger partial charge on any atom is 0.126 e. The maximum atomic E-state index is 12.9. The molecule has 0 aliphatic carbocycles. The molecule has 4 heteroatoms. The van der Waals surface area contributed by atoms with Crippen LogP contribution in [0.1, 0.15) is 11.3 Å². The van der Waals surface area contributed by atoms with Gasteiger partial charge < -0.3 is 14.9 Å². The predicted octanol–water partition coefficient (Wildman–Crippen LogP) is 2.46. The van der Waals surface area contributed by atoms with Gasteiger partial charge in [0.05, 0.1) is 12.8 Å². The first-order valence-electron chi connectivity index (χ1n) is 4.93. The number of ether oxygens (including phenoxy) is 1. The summed E-state index contributed by atoms with van der Waals surface area (Å²) in [6.45, 7) is 0.654. The van der Waals surface area contributed by atoms with E-state index in [1.807, 2.05) is 0 Å². The van der Waals surface area contributed by atoms with Gasteiger partial charge in [-0.15, -0.1) is 0 Å². The summed E-state index contributed by atoms with van der Waals surface area (Å²) in [5, 5.41) is 0. The normalized spacial score (nSPS) is 10.4. The van der Waals surface area contributed by atoms with Crippen molar-refractivity contribution in [3.05, 3.63) is 53.7 Å². The Morgan fingerprint density at radius 1 is 1.31 bits per heavy atom. The third-order valence-corrected chi connectivity index (χ3v) is 2.21. The summed E-state index contributed by atoms with van der Waals surface area (Å²) in [6.07, 6.45) is 1.56. The van der Waals surface area contributed by atoms with E-state index in [0.717, 1.165) is 5.56 Å². The first-order chi connectivity index (χ1) is 7.79. The van der Waals surface area contributed by atoms with Gasteiger partial charge in [-0.05, 0) is 18.2 Å². The van der Waals surface area contributed by atoms with E-state index in [1.165, 1.54) is 12.1 Å². The van der Waals surface area contributed by atoms with Gasteiger partial charge in [0.15, 0.2) is 0 Å². The van der Waals surface area contributed by atoms with Crippen LogP contribution in [0, 0.1) is 5.82 Å². The molecule has 0 aliphatic rings. The Kier molecular flexibility index (Phi) is 3.22. The fraction of sp³-hybridized carbons (Fsp3) is 0.167. The summed E-state index contributed by atoms with van der Waals surface area (Å²) in [4.78, 5) is 0. The quantitative estimate of drug-likeness (QED) is 0.862. The molecular weight excluding hydrogens is 209 g/mol. The summed E-state index contributed by atoms with van der Waals surface area (Å²) in [5.74, 6) is 0.865. The largest absolute Gasteiger partial charge is 0.489 e. The molecule has 1 heterocycles. The number of benzene rings is 1. The molecule has 0 saturated carbocycles.